The van der Waals surface area contributed by atoms with E-state index in [9.17, 15) is 18.0 Å². The van der Waals surface area contributed by atoms with Gasteiger partial charge in [0.05, 0.1) is 11.3 Å². The highest BCUT2D eigenvalue weighted by Gasteiger charge is 2.30. The number of nitrogens with zero attached hydrogens (tertiary/aromatic N) is 2. The van der Waals surface area contributed by atoms with Gasteiger partial charge in [0.1, 0.15) is 0 Å². The third kappa shape index (κ3) is 2.33. The molecule has 2 aromatic rings. The highest BCUT2D eigenvalue weighted by molar-refractivity contribution is 7.99. The van der Waals surface area contributed by atoms with Crippen LogP contribution < -0.4 is 5.56 Å². The van der Waals surface area contributed by atoms with Gasteiger partial charge in [-0.05, 0) is 12.1 Å². The van der Waals surface area contributed by atoms with Crippen molar-refractivity contribution < 1.29 is 13.2 Å². The van der Waals surface area contributed by atoms with Crippen LogP contribution in [-0.4, -0.2) is 15.3 Å². The molecule has 1 aliphatic heterocycles. The Morgan fingerprint density at radius 3 is 2.80 bits per heavy atom. The number of aromatic nitrogens is 2. The summed E-state index contributed by atoms with van der Waals surface area (Å²) >= 11 is 1.43. The molecule has 3 rings (SSSR count). The molecule has 0 bridgehead atoms. The van der Waals surface area contributed by atoms with Crippen molar-refractivity contribution in [3.63, 3.8) is 0 Å². The molecule has 0 saturated carbocycles. The number of hydrogen-bond donors (Lipinski definition) is 0. The van der Waals surface area contributed by atoms with Crippen LogP contribution in [0.5, 0.6) is 0 Å². The van der Waals surface area contributed by atoms with E-state index in [-0.39, 0.29) is 11.3 Å². The monoisotopic (exact) mass is 298 g/mol. The van der Waals surface area contributed by atoms with Crippen LogP contribution in [0.4, 0.5) is 13.2 Å². The van der Waals surface area contributed by atoms with Gasteiger partial charge in [0.15, 0.2) is 5.16 Å². The summed E-state index contributed by atoms with van der Waals surface area (Å²) in [6, 6.07) is 6.13. The van der Waals surface area contributed by atoms with E-state index in [1.54, 1.807) is 0 Å². The van der Waals surface area contributed by atoms with Crippen LogP contribution in [0.25, 0.3) is 11.3 Å². The van der Waals surface area contributed by atoms with Gasteiger partial charge in [-0.1, -0.05) is 23.9 Å². The van der Waals surface area contributed by atoms with Crippen LogP contribution in [-0.2, 0) is 12.7 Å². The normalized spacial score (nSPS) is 14.3. The molecule has 0 aliphatic carbocycles. The van der Waals surface area contributed by atoms with Crippen LogP contribution >= 0.6 is 11.8 Å². The fourth-order valence-electron chi connectivity index (χ4n) is 2.03. The van der Waals surface area contributed by atoms with Crippen LogP contribution in [0, 0.1) is 0 Å². The standard InChI is InChI=1S/C13H9F3N2OS/c14-13(15,16)9-3-1-2-8(6-9)10-7-11(19)18-4-5-20-12(18)17-10/h1-3,6-7H,4-5H2. The maximum Gasteiger partial charge on any atom is 0.416 e. The maximum absolute atomic E-state index is 12.7. The first-order valence-corrected chi connectivity index (χ1v) is 6.86. The quantitative estimate of drug-likeness (QED) is 0.759. The summed E-state index contributed by atoms with van der Waals surface area (Å²) in [5, 5.41) is 0.560. The summed E-state index contributed by atoms with van der Waals surface area (Å²) < 4.78 is 39.6. The Kier molecular flexibility index (Phi) is 3.08. The fraction of sp³-hybridized carbons (Fsp3) is 0.231. The molecule has 0 unspecified atom stereocenters. The van der Waals surface area contributed by atoms with Crippen molar-refractivity contribution in [2.45, 2.75) is 17.9 Å². The SMILES string of the molecule is O=c1cc(-c2cccc(C(F)(F)F)c2)nc2n1CCS2. The highest BCUT2D eigenvalue weighted by atomic mass is 32.2. The van der Waals surface area contributed by atoms with Gasteiger partial charge in [-0.2, -0.15) is 13.2 Å². The van der Waals surface area contributed by atoms with Gasteiger partial charge < -0.3 is 0 Å². The molecule has 20 heavy (non-hydrogen) atoms. The molecule has 1 aromatic heterocycles. The summed E-state index contributed by atoms with van der Waals surface area (Å²) in [7, 11) is 0. The molecule has 0 N–H and O–H groups in total. The summed E-state index contributed by atoms with van der Waals surface area (Å²) in [6.45, 7) is 0.592. The van der Waals surface area contributed by atoms with E-state index >= 15 is 0 Å². The number of thioether (sulfide) groups is 1. The predicted octanol–water partition coefficient (Wildman–Crippen LogP) is 3.03. The van der Waals surface area contributed by atoms with Gasteiger partial charge in [0.2, 0.25) is 0 Å². The molecule has 0 fully saturated rings. The molecule has 0 saturated heterocycles. The Bertz CT molecular complexity index is 724. The highest BCUT2D eigenvalue weighted by Crippen LogP contribution is 2.32. The maximum atomic E-state index is 12.7. The zero-order valence-corrected chi connectivity index (χ0v) is 11.0. The first-order chi connectivity index (χ1) is 9.45. The third-order valence-electron chi connectivity index (χ3n) is 3.00. The molecule has 1 aromatic carbocycles. The Morgan fingerprint density at radius 2 is 2.05 bits per heavy atom. The average Bonchev–Trinajstić information content (AvgIpc) is 2.87. The zero-order valence-electron chi connectivity index (χ0n) is 10.1. The zero-order chi connectivity index (χ0) is 14.3. The Morgan fingerprint density at radius 1 is 1.25 bits per heavy atom. The minimum atomic E-state index is -4.41. The molecule has 104 valence electrons. The van der Waals surface area contributed by atoms with Crippen LogP contribution in [0.3, 0.4) is 0 Å². The minimum Gasteiger partial charge on any atom is -0.287 e. The first kappa shape index (κ1) is 13.2. The Balaban J connectivity index is 2.10. The van der Waals surface area contributed by atoms with Crippen molar-refractivity contribution in [2.75, 3.05) is 5.75 Å². The average molecular weight is 298 g/mol. The molecule has 7 heteroatoms. The second-order valence-electron chi connectivity index (χ2n) is 4.34. The van der Waals surface area contributed by atoms with Crippen LogP contribution in [0.2, 0.25) is 0 Å². The summed E-state index contributed by atoms with van der Waals surface area (Å²) in [5.74, 6) is 0.758. The van der Waals surface area contributed by atoms with E-state index in [0.717, 1.165) is 17.9 Å². The molecule has 0 radical (unpaired) electrons. The predicted molar refractivity (Wildman–Crippen MR) is 69.7 cm³/mol. The summed E-state index contributed by atoms with van der Waals surface area (Å²) in [6.07, 6.45) is -4.41. The van der Waals surface area contributed by atoms with Crippen molar-refractivity contribution in [1.82, 2.24) is 9.55 Å². The van der Waals surface area contributed by atoms with E-state index < -0.39 is 11.7 Å². The smallest absolute Gasteiger partial charge is 0.287 e. The largest absolute Gasteiger partial charge is 0.416 e. The van der Waals surface area contributed by atoms with E-state index in [2.05, 4.69) is 4.98 Å². The molecule has 1 aliphatic rings. The van der Waals surface area contributed by atoms with Gasteiger partial charge in [-0.25, -0.2) is 4.98 Å². The van der Waals surface area contributed by atoms with Gasteiger partial charge in [0.25, 0.3) is 5.56 Å². The third-order valence-corrected chi connectivity index (χ3v) is 3.96. The van der Waals surface area contributed by atoms with Gasteiger partial charge in [0, 0.05) is 23.9 Å². The van der Waals surface area contributed by atoms with Crippen LogP contribution in [0.1, 0.15) is 5.56 Å². The van der Waals surface area contributed by atoms with Gasteiger partial charge in [-0.3, -0.25) is 9.36 Å². The Labute approximate surface area is 116 Å². The summed E-state index contributed by atoms with van der Waals surface area (Å²) in [5.41, 5.74) is -0.396. The van der Waals surface area contributed by atoms with Crippen LogP contribution in [0.15, 0.2) is 40.3 Å². The minimum absolute atomic E-state index is 0.229. The van der Waals surface area contributed by atoms with Crippen molar-refractivity contribution in [1.29, 1.82) is 0 Å². The molecule has 0 amide bonds. The molecule has 3 nitrogen and oxygen atoms in total. The number of benzene rings is 1. The number of alkyl halides is 3. The van der Waals surface area contributed by atoms with Crippen molar-refractivity contribution in [3.05, 3.63) is 46.2 Å². The lowest BCUT2D eigenvalue weighted by atomic mass is 10.1. The van der Waals surface area contributed by atoms with E-state index in [1.165, 1.54) is 34.5 Å². The number of halogens is 3. The molecular formula is C13H9F3N2OS. The van der Waals surface area contributed by atoms with Gasteiger partial charge in [-0.15, -0.1) is 0 Å². The number of hydrogen-bond acceptors (Lipinski definition) is 3. The van der Waals surface area contributed by atoms with E-state index in [0.29, 0.717) is 17.3 Å². The topological polar surface area (TPSA) is 34.9 Å². The molecule has 2 heterocycles. The van der Waals surface area contributed by atoms with Crippen molar-refractivity contribution in [2.24, 2.45) is 0 Å². The molecule has 0 spiro atoms. The number of rotatable bonds is 1. The summed E-state index contributed by atoms with van der Waals surface area (Å²) in [4.78, 5) is 16.1. The number of fused-ring (bicyclic) bond motifs is 1. The lowest BCUT2D eigenvalue weighted by molar-refractivity contribution is -0.137. The van der Waals surface area contributed by atoms with Crippen molar-refractivity contribution >= 4 is 11.8 Å². The second kappa shape index (κ2) is 4.66. The van der Waals surface area contributed by atoms with E-state index in [1.807, 2.05) is 0 Å². The lowest BCUT2D eigenvalue weighted by Crippen LogP contribution is -2.19. The Hall–Kier alpha value is -1.76. The lowest BCUT2D eigenvalue weighted by Gasteiger charge is -2.09. The fourth-order valence-corrected chi connectivity index (χ4v) is 2.99. The second-order valence-corrected chi connectivity index (χ2v) is 5.40. The molecular weight excluding hydrogens is 289 g/mol. The first-order valence-electron chi connectivity index (χ1n) is 5.87. The van der Waals surface area contributed by atoms with Crippen molar-refractivity contribution in [3.8, 4) is 11.3 Å². The van der Waals surface area contributed by atoms with Gasteiger partial charge >= 0.3 is 6.18 Å². The van der Waals surface area contributed by atoms with E-state index in [4.69, 9.17) is 0 Å². The molecule has 0 atom stereocenters.